The number of aryl methyl sites for hydroxylation is 1. The fraction of sp³-hybridized carbons (Fsp3) is 0.538. The zero-order chi connectivity index (χ0) is 13.7. The lowest BCUT2D eigenvalue weighted by Gasteiger charge is -1.98. The van der Waals surface area contributed by atoms with Crippen LogP contribution in [0.3, 0.4) is 0 Å². The van der Waals surface area contributed by atoms with Gasteiger partial charge in [0.15, 0.2) is 5.82 Å². The maximum atomic E-state index is 12.0. The van der Waals surface area contributed by atoms with E-state index in [9.17, 15) is 4.79 Å². The molecule has 20 heavy (non-hydrogen) atoms. The quantitative estimate of drug-likeness (QED) is 0.911. The van der Waals surface area contributed by atoms with Crippen molar-refractivity contribution in [3.63, 3.8) is 0 Å². The lowest BCUT2D eigenvalue weighted by molar-refractivity contribution is -0.117. The van der Waals surface area contributed by atoms with Gasteiger partial charge in [-0.3, -0.25) is 10.1 Å². The average molecular weight is 273 g/mol. The van der Waals surface area contributed by atoms with Gasteiger partial charge in [0.2, 0.25) is 11.7 Å². The fourth-order valence-electron chi connectivity index (χ4n) is 2.71. The number of aromatic nitrogens is 4. The number of hydrogen-bond acceptors (Lipinski definition) is 5. The van der Waals surface area contributed by atoms with Crippen LogP contribution in [0.25, 0.3) is 11.6 Å². The minimum atomic E-state index is -0.00283. The normalized spacial score (nSPS) is 24.6. The van der Waals surface area contributed by atoms with E-state index in [2.05, 4.69) is 20.4 Å². The smallest absolute Gasteiger partial charge is 0.328 e. The molecule has 2 aromatic heterocycles. The van der Waals surface area contributed by atoms with Crippen LogP contribution in [0.4, 0.5) is 6.01 Å². The molecule has 2 aliphatic carbocycles. The van der Waals surface area contributed by atoms with E-state index in [0.29, 0.717) is 17.6 Å². The predicted molar refractivity (Wildman–Crippen MR) is 69.5 cm³/mol. The molecule has 2 saturated carbocycles. The van der Waals surface area contributed by atoms with Crippen molar-refractivity contribution in [2.75, 3.05) is 5.32 Å². The topological polar surface area (TPSA) is 85.8 Å². The van der Waals surface area contributed by atoms with Crippen LogP contribution in [0, 0.1) is 17.8 Å². The average Bonchev–Trinajstić information content (AvgIpc) is 3.31. The van der Waals surface area contributed by atoms with Gasteiger partial charge in [-0.1, -0.05) is 5.16 Å². The second kappa shape index (κ2) is 4.16. The van der Waals surface area contributed by atoms with Crippen LogP contribution < -0.4 is 5.32 Å². The first-order chi connectivity index (χ1) is 9.72. The maximum Gasteiger partial charge on any atom is 0.328 e. The van der Waals surface area contributed by atoms with E-state index in [1.54, 1.807) is 17.0 Å². The van der Waals surface area contributed by atoms with Gasteiger partial charge in [-0.05, 0) is 31.1 Å². The van der Waals surface area contributed by atoms with E-state index in [4.69, 9.17) is 4.52 Å². The van der Waals surface area contributed by atoms with Gasteiger partial charge in [-0.15, -0.1) is 0 Å². The van der Waals surface area contributed by atoms with Crippen molar-refractivity contribution in [1.82, 2.24) is 19.7 Å². The maximum absolute atomic E-state index is 12.0. The minimum Gasteiger partial charge on any atom is -0.331 e. The Labute approximate surface area is 115 Å². The second-order valence-electron chi connectivity index (χ2n) is 5.62. The first-order valence-electron chi connectivity index (χ1n) is 6.84. The highest BCUT2D eigenvalue weighted by molar-refractivity contribution is 5.92. The minimum absolute atomic E-state index is 0.00283. The number of hydrogen-bond donors (Lipinski definition) is 1. The highest BCUT2D eigenvalue weighted by Crippen LogP contribution is 2.54. The fourth-order valence-corrected chi connectivity index (χ4v) is 2.71. The summed E-state index contributed by atoms with van der Waals surface area (Å²) >= 11 is 0. The summed E-state index contributed by atoms with van der Waals surface area (Å²) in [7, 11) is 1.85. The summed E-state index contributed by atoms with van der Waals surface area (Å²) in [5, 5.41) is 6.54. The summed E-state index contributed by atoms with van der Waals surface area (Å²) in [5.41, 5.74) is 0. The Balaban J connectivity index is 1.43. The van der Waals surface area contributed by atoms with E-state index in [0.717, 1.165) is 12.3 Å². The van der Waals surface area contributed by atoms with E-state index in [-0.39, 0.29) is 17.8 Å². The number of amides is 1. The summed E-state index contributed by atoms with van der Waals surface area (Å²) in [5.74, 6) is 2.46. The Kier molecular flexibility index (Phi) is 2.42. The molecule has 7 heteroatoms. The molecule has 0 saturated heterocycles. The van der Waals surface area contributed by atoms with Crippen LogP contribution in [-0.2, 0) is 11.8 Å². The first-order valence-corrected chi connectivity index (χ1v) is 6.84. The molecule has 1 amide bonds. The lowest BCUT2D eigenvalue weighted by atomic mass is 10.2. The van der Waals surface area contributed by atoms with Gasteiger partial charge in [-0.2, -0.15) is 4.98 Å². The van der Waals surface area contributed by atoms with Gasteiger partial charge in [0.1, 0.15) is 0 Å². The van der Waals surface area contributed by atoms with Crippen molar-refractivity contribution in [3.8, 4) is 11.6 Å². The summed E-state index contributed by atoms with van der Waals surface area (Å²) in [6.07, 6.45) is 7.01. The first kappa shape index (κ1) is 11.6. The number of anilines is 1. The van der Waals surface area contributed by atoms with Crippen LogP contribution in [0.5, 0.6) is 0 Å². The van der Waals surface area contributed by atoms with Crippen molar-refractivity contribution in [2.45, 2.75) is 19.3 Å². The zero-order valence-electron chi connectivity index (χ0n) is 11.1. The van der Waals surface area contributed by atoms with Gasteiger partial charge in [0.05, 0.1) is 0 Å². The van der Waals surface area contributed by atoms with Crippen LogP contribution in [0.15, 0.2) is 16.9 Å². The van der Waals surface area contributed by atoms with E-state index >= 15 is 0 Å². The Bertz CT molecular complexity index is 657. The highest BCUT2D eigenvalue weighted by atomic mass is 16.5. The van der Waals surface area contributed by atoms with Gasteiger partial charge in [0.25, 0.3) is 0 Å². The van der Waals surface area contributed by atoms with E-state index in [1.807, 2.05) is 7.05 Å². The molecule has 2 atom stereocenters. The molecule has 0 spiro atoms. The molecule has 2 heterocycles. The molecule has 1 N–H and O–H groups in total. The lowest BCUT2D eigenvalue weighted by Crippen LogP contribution is -2.15. The molecule has 0 bridgehead atoms. The molecule has 0 radical (unpaired) electrons. The third kappa shape index (κ3) is 1.99. The molecule has 2 fully saturated rings. The molecule has 2 unspecified atom stereocenters. The summed E-state index contributed by atoms with van der Waals surface area (Å²) in [6, 6.07) is 0.148. The monoisotopic (exact) mass is 273 g/mol. The van der Waals surface area contributed by atoms with Gasteiger partial charge < -0.3 is 9.09 Å². The van der Waals surface area contributed by atoms with Crippen LogP contribution in [0.1, 0.15) is 19.3 Å². The third-order valence-electron chi connectivity index (χ3n) is 4.08. The number of nitrogens with one attached hydrogen (secondary N) is 1. The molecular formula is C13H15N5O2. The number of imidazole rings is 1. The highest BCUT2D eigenvalue weighted by Gasteiger charge is 2.51. The van der Waals surface area contributed by atoms with E-state index < -0.39 is 0 Å². The van der Waals surface area contributed by atoms with Crippen LogP contribution >= 0.6 is 0 Å². The molecule has 104 valence electrons. The molecule has 4 rings (SSSR count). The predicted octanol–water partition coefficient (Wildman–Crippen LogP) is 1.45. The third-order valence-corrected chi connectivity index (χ3v) is 4.08. The Morgan fingerprint density at radius 3 is 3.05 bits per heavy atom. The second-order valence-corrected chi connectivity index (χ2v) is 5.62. The van der Waals surface area contributed by atoms with Crippen molar-refractivity contribution >= 4 is 11.9 Å². The summed E-state index contributed by atoms with van der Waals surface area (Å²) < 4.78 is 6.85. The molecule has 0 aliphatic heterocycles. The summed E-state index contributed by atoms with van der Waals surface area (Å²) in [6.45, 7) is 0. The summed E-state index contributed by atoms with van der Waals surface area (Å²) in [4.78, 5) is 20.3. The van der Waals surface area contributed by atoms with Gasteiger partial charge in [0, 0.05) is 25.4 Å². The van der Waals surface area contributed by atoms with Gasteiger partial charge in [-0.25, -0.2) is 4.98 Å². The van der Waals surface area contributed by atoms with Crippen molar-refractivity contribution in [1.29, 1.82) is 0 Å². The van der Waals surface area contributed by atoms with Gasteiger partial charge >= 0.3 is 6.01 Å². The zero-order valence-corrected chi connectivity index (χ0v) is 11.1. The van der Waals surface area contributed by atoms with Crippen molar-refractivity contribution in [2.24, 2.45) is 24.8 Å². The van der Waals surface area contributed by atoms with Crippen LogP contribution in [0.2, 0.25) is 0 Å². The van der Waals surface area contributed by atoms with Crippen molar-refractivity contribution in [3.05, 3.63) is 12.4 Å². The van der Waals surface area contributed by atoms with Crippen molar-refractivity contribution < 1.29 is 9.32 Å². The SMILES string of the molecule is Cn1ccnc1-c1noc(NC(=O)C2CC2C2CC2)n1. The molecule has 0 aromatic carbocycles. The molecule has 2 aliphatic rings. The molecule has 2 aromatic rings. The van der Waals surface area contributed by atoms with E-state index in [1.165, 1.54) is 12.8 Å². The number of rotatable bonds is 4. The number of nitrogens with zero attached hydrogens (tertiary/aromatic N) is 4. The van der Waals surface area contributed by atoms with Crippen LogP contribution in [-0.4, -0.2) is 25.6 Å². The Hall–Kier alpha value is -2.18. The molecule has 7 nitrogen and oxygen atoms in total. The largest absolute Gasteiger partial charge is 0.331 e. The number of carbonyl (C=O) groups excluding carboxylic acids is 1. The molecular weight excluding hydrogens is 258 g/mol. The Morgan fingerprint density at radius 1 is 1.50 bits per heavy atom. The number of carbonyl (C=O) groups is 1. The Morgan fingerprint density at radius 2 is 2.35 bits per heavy atom. The standard InChI is InChI=1S/C13H15N5O2/c1-18-5-4-14-11(18)10-15-13(20-17-10)16-12(19)9-6-8(9)7-2-3-7/h4-5,7-9H,2-3,6H2,1H3,(H,15,16,17,19).